The molecule has 2 N–H and O–H groups in total. The Balaban J connectivity index is 2.30. The van der Waals surface area contributed by atoms with E-state index in [-0.39, 0.29) is 5.91 Å². The molecule has 0 atom stereocenters. The summed E-state index contributed by atoms with van der Waals surface area (Å²) in [6, 6.07) is 7.69. The second kappa shape index (κ2) is 11.0. The molecule has 4 heteroatoms. The van der Waals surface area contributed by atoms with Crippen LogP contribution < -0.4 is 10.6 Å². The number of aryl methyl sites for hydroxylation is 1. The van der Waals surface area contributed by atoms with Crippen molar-refractivity contribution in [2.24, 2.45) is 0 Å². The van der Waals surface area contributed by atoms with Crippen molar-refractivity contribution < 1.29 is 9.59 Å². The van der Waals surface area contributed by atoms with Gasteiger partial charge in [0.1, 0.15) is 0 Å². The lowest BCUT2D eigenvalue weighted by atomic mass is 10.0. The molecule has 122 valence electrons. The van der Waals surface area contributed by atoms with E-state index in [4.69, 9.17) is 0 Å². The number of carbonyl (C=O) groups excluding carboxylic acids is 2. The van der Waals surface area contributed by atoms with Gasteiger partial charge in [-0.1, -0.05) is 49.6 Å². The molecule has 23 heavy (non-hydrogen) atoms. The minimum absolute atomic E-state index is 0.0288. The summed E-state index contributed by atoms with van der Waals surface area (Å²) >= 11 is 0. The Kier molecular flexibility index (Phi) is 8.83. The van der Waals surface area contributed by atoms with Crippen LogP contribution in [0.5, 0.6) is 0 Å². The van der Waals surface area contributed by atoms with Crippen LogP contribution in [0, 0.1) is 0 Å². The SMILES string of the molecule is C=C/C=C(\C=C)CNC(=O)CCCCc1ccccc1NC=O. The average molecular weight is 312 g/mol. The Labute approximate surface area is 138 Å². The van der Waals surface area contributed by atoms with Crippen LogP contribution in [0.1, 0.15) is 24.8 Å². The molecule has 0 aromatic heterocycles. The van der Waals surface area contributed by atoms with Crippen LogP contribution >= 0.6 is 0 Å². The summed E-state index contributed by atoms with van der Waals surface area (Å²) in [6.07, 6.45) is 8.90. The van der Waals surface area contributed by atoms with Gasteiger partial charge in [-0.3, -0.25) is 9.59 Å². The number of rotatable bonds is 11. The minimum Gasteiger partial charge on any atom is -0.352 e. The van der Waals surface area contributed by atoms with Crippen molar-refractivity contribution in [1.29, 1.82) is 0 Å². The third-order valence-corrected chi connectivity index (χ3v) is 3.42. The van der Waals surface area contributed by atoms with E-state index in [9.17, 15) is 9.59 Å². The lowest BCUT2D eigenvalue weighted by molar-refractivity contribution is -0.121. The molecule has 0 aliphatic heterocycles. The Bertz CT molecular complexity index is 576. The number of anilines is 1. The maximum absolute atomic E-state index is 11.8. The van der Waals surface area contributed by atoms with Gasteiger partial charge in [-0.2, -0.15) is 0 Å². The number of carbonyl (C=O) groups is 2. The molecular formula is C19H24N2O2. The molecule has 0 saturated carbocycles. The first-order chi connectivity index (χ1) is 11.2. The fourth-order valence-electron chi connectivity index (χ4n) is 2.18. The predicted molar refractivity (Wildman–Crippen MR) is 95.2 cm³/mol. The van der Waals surface area contributed by atoms with Gasteiger partial charge in [-0.05, 0) is 36.5 Å². The van der Waals surface area contributed by atoms with Crippen LogP contribution in [-0.4, -0.2) is 18.9 Å². The highest BCUT2D eigenvalue weighted by Gasteiger charge is 2.04. The van der Waals surface area contributed by atoms with Crippen LogP contribution in [0.25, 0.3) is 0 Å². The predicted octanol–water partition coefficient (Wildman–Crippen LogP) is 3.38. The Hall–Kier alpha value is -2.62. The molecule has 0 aliphatic rings. The van der Waals surface area contributed by atoms with Crippen molar-refractivity contribution >= 4 is 18.0 Å². The van der Waals surface area contributed by atoms with Gasteiger partial charge in [0.2, 0.25) is 12.3 Å². The van der Waals surface area contributed by atoms with Crippen LogP contribution in [0.15, 0.2) is 61.2 Å². The summed E-state index contributed by atoms with van der Waals surface area (Å²) < 4.78 is 0. The van der Waals surface area contributed by atoms with Gasteiger partial charge in [0.25, 0.3) is 0 Å². The van der Waals surface area contributed by atoms with E-state index in [1.54, 1.807) is 12.2 Å². The highest BCUT2D eigenvalue weighted by atomic mass is 16.1. The largest absolute Gasteiger partial charge is 0.352 e. The van der Waals surface area contributed by atoms with Crippen molar-refractivity contribution in [3.63, 3.8) is 0 Å². The zero-order valence-corrected chi connectivity index (χ0v) is 13.4. The number of amides is 2. The highest BCUT2D eigenvalue weighted by molar-refractivity contribution is 5.76. The lowest BCUT2D eigenvalue weighted by Crippen LogP contribution is -2.24. The molecule has 0 spiro atoms. The third kappa shape index (κ3) is 7.27. The Morgan fingerprint density at radius 2 is 1.96 bits per heavy atom. The van der Waals surface area contributed by atoms with Crippen LogP contribution in [0.4, 0.5) is 5.69 Å². The number of nitrogens with one attached hydrogen (secondary N) is 2. The molecule has 2 amide bonds. The second-order valence-corrected chi connectivity index (χ2v) is 5.08. The third-order valence-electron chi connectivity index (χ3n) is 3.42. The quantitative estimate of drug-likeness (QED) is 0.374. The van der Waals surface area contributed by atoms with E-state index in [1.165, 1.54) is 0 Å². The van der Waals surface area contributed by atoms with Gasteiger partial charge in [-0.25, -0.2) is 0 Å². The first kappa shape index (κ1) is 18.4. The Morgan fingerprint density at radius 1 is 1.17 bits per heavy atom. The van der Waals surface area contributed by atoms with Crippen LogP contribution in [-0.2, 0) is 16.0 Å². The van der Waals surface area contributed by atoms with E-state index >= 15 is 0 Å². The molecule has 0 bridgehead atoms. The molecule has 0 saturated heterocycles. The molecule has 0 heterocycles. The fraction of sp³-hybridized carbons (Fsp3) is 0.263. The first-order valence-electron chi connectivity index (χ1n) is 7.70. The van der Waals surface area contributed by atoms with Crippen molar-refractivity contribution in [3.05, 3.63) is 66.8 Å². The fourth-order valence-corrected chi connectivity index (χ4v) is 2.18. The van der Waals surface area contributed by atoms with Crippen LogP contribution in [0.2, 0.25) is 0 Å². The van der Waals surface area contributed by atoms with E-state index in [2.05, 4.69) is 23.8 Å². The van der Waals surface area contributed by atoms with Gasteiger partial charge < -0.3 is 10.6 Å². The minimum atomic E-state index is 0.0288. The number of allylic oxidation sites excluding steroid dienone is 2. The summed E-state index contributed by atoms with van der Waals surface area (Å²) in [6.45, 7) is 7.79. The average Bonchev–Trinajstić information content (AvgIpc) is 2.57. The van der Waals surface area contributed by atoms with E-state index in [1.807, 2.05) is 30.3 Å². The van der Waals surface area contributed by atoms with Crippen molar-refractivity contribution in [3.8, 4) is 0 Å². The summed E-state index contributed by atoms with van der Waals surface area (Å²) in [4.78, 5) is 22.4. The second-order valence-electron chi connectivity index (χ2n) is 5.08. The molecular weight excluding hydrogens is 288 g/mol. The van der Waals surface area contributed by atoms with Crippen molar-refractivity contribution in [1.82, 2.24) is 5.32 Å². The van der Waals surface area contributed by atoms with E-state index in [0.29, 0.717) is 19.4 Å². The molecule has 1 aromatic carbocycles. The zero-order chi connectivity index (χ0) is 16.9. The Morgan fingerprint density at radius 3 is 2.65 bits per heavy atom. The molecule has 0 radical (unpaired) electrons. The van der Waals surface area contributed by atoms with Gasteiger partial charge in [0.15, 0.2) is 0 Å². The zero-order valence-electron chi connectivity index (χ0n) is 13.4. The summed E-state index contributed by atoms with van der Waals surface area (Å²) in [5, 5.41) is 5.56. The van der Waals surface area contributed by atoms with Gasteiger partial charge >= 0.3 is 0 Å². The van der Waals surface area contributed by atoms with E-state index in [0.717, 1.165) is 36.1 Å². The molecule has 4 nitrogen and oxygen atoms in total. The summed E-state index contributed by atoms with van der Waals surface area (Å²) in [5.41, 5.74) is 2.85. The number of para-hydroxylation sites is 1. The molecule has 1 rings (SSSR count). The molecule has 0 fully saturated rings. The summed E-state index contributed by atoms with van der Waals surface area (Å²) in [7, 11) is 0. The topological polar surface area (TPSA) is 58.2 Å². The molecule has 1 aromatic rings. The number of unbranched alkanes of at least 4 members (excludes halogenated alkanes) is 1. The number of hydrogen-bond acceptors (Lipinski definition) is 2. The number of hydrogen-bond donors (Lipinski definition) is 2. The normalized spacial score (nSPS) is 10.7. The number of benzene rings is 1. The summed E-state index contributed by atoms with van der Waals surface area (Å²) in [5.74, 6) is 0.0288. The maximum Gasteiger partial charge on any atom is 0.220 e. The van der Waals surface area contributed by atoms with Crippen molar-refractivity contribution in [2.45, 2.75) is 25.7 Å². The molecule has 0 aliphatic carbocycles. The smallest absolute Gasteiger partial charge is 0.220 e. The maximum atomic E-state index is 11.8. The van der Waals surface area contributed by atoms with Gasteiger partial charge in [0, 0.05) is 18.7 Å². The van der Waals surface area contributed by atoms with Gasteiger partial charge in [0.05, 0.1) is 0 Å². The van der Waals surface area contributed by atoms with Crippen molar-refractivity contribution in [2.75, 3.05) is 11.9 Å². The van der Waals surface area contributed by atoms with Crippen LogP contribution in [0.3, 0.4) is 0 Å². The first-order valence-corrected chi connectivity index (χ1v) is 7.70. The van der Waals surface area contributed by atoms with E-state index < -0.39 is 0 Å². The highest BCUT2D eigenvalue weighted by Crippen LogP contribution is 2.17. The lowest BCUT2D eigenvalue weighted by Gasteiger charge is -2.08. The molecule has 0 unspecified atom stereocenters. The van der Waals surface area contributed by atoms with Gasteiger partial charge in [-0.15, -0.1) is 0 Å². The standard InChI is InChI=1S/C19H24N2O2/c1-3-9-16(4-2)14-20-19(23)13-8-6-11-17-10-5-7-12-18(17)21-15-22/h3-5,7,9-10,12,15H,1-2,6,8,11,13-14H2,(H,20,23)(H,21,22)/b16-9+. The monoisotopic (exact) mass is 312 g/mol.